The summed E-state index contributed by atoms with van der Waals surface area (Å²) in [5, 5.41) is 9.04. The Morgan fingerprint density at radius 1 is 1.14 bits per heavy atom. The highest BCUT2D eigenvalue weighted by atomic mass is 16.4. The van der Waals surface area contributed by atoms with E-state index >= 15 is 0 Å². The molecule has 4 nitrogen and oxygen atoms in total. The van der Waals surface area contributed by atoms with E-state index in [0.717, 1.165) is 31.6 Å². The van der Waals surface area contributed by atoms with Crippen LogP contribution in [0.15, 0.2) is 0 Å². The predicted octanol–water partition coefficient (Wildman–Crippen LogP) is 3.69. The Hall–Kier alpha value is -1.06. The van der Waals surface area contributed by atoms with E-state index in [-0.39, 0.29) is 18.4 Å². The fourth-order valence-corrected chi connectivity index (χ4v) is 3.19. The molecule has 0 atom stereocenters. The first kappa shape index (κ1) is 18.0. The Bertz CT molecular complexity index is 352. The number of carbonyl (C=O) groups is 2. The monoisotopic (exact) mass is 297 g/mol. The van der Waals surface area contributed by atoms with Crippen LogP contribution in [-0.4, -0.2) is 34.0 Å². The molecule has 0 aliphatic heterocycles. The molecule has 0 radical (unpaired) electrons. The maximum Gasteiger partial charge on any atom is 0.323 e. The second kappa shape index (κ2) is 7.81. The first-order valence-electron chi connectivity index (χ1n) is 8.29. The number of hydrogen-bond acceptors (Lipinski definition) is 2. The van der Waals surface area contributed by atoms with Gasteiger partial charge < -0.3 is 10.0 Å². The summed E-state index contributed by atoms with van der Waals surface area (Å²) in [5.74, 6) is -0.133. The van der Waals surface area contributed by atoms with Crippen LogP contribution in [0, 0.1) is 11.8 Å². The van der Waals surface area contributed by atoms with E-state index in [0.29, 0.717) is 0 Å². The molecular weight excluding hydrogens is 266 g/mol. The maximum absolute atomic E-state index is 12.7. The number of hydrogen-bond donors (Lipinski definition) is 1. The van der Waals surface area contributed by atoms with Crippen LogP contribution >= 0.6 is 0 Å². The van der Waals surface area contributed by atoms with Crippen LogP contribution in [0.5, 0.6) is 0 Å². The lowest BCUT2D eigenvalue weighted by atomic mass is 9.79. The molecule has 0 saturated heterocycles. The number of rotatable bonds is 6. The van der Waals surface area contributed by atoms with Crippen molar-refractivity contribution in [3.8, 4) is 0 Å². The number of unbranched alkanes of at least 4 members (excludes halogenated alkanes) is 1. The van der Waals surface area contributed by atoms with Gasteiger partial charge in [-0.15, -0.1) is 0 Å². The van der Waals surface area contributed by atoms with Crippen LogP contribution in [-0.2, 0) is 9.59 Å². The Morgan fingerprint density at radius 3 is 2.14 bits per heavy atom. The Labute approximate surface area is 128 Å². The molecule has 21 heavy (non-hydrogen) atoms. The van der Waals surface area contributed by atoms with Crippen LogP contribution in [0.25, 0.3) is 0 Å². The van der Waals surface area contributed by atoms with Crippen LogP contribution in [0.4, 0.5) is 0 Å². The van der Waals surface area contributed by atoms with E-state index in [1.165, 1.54) is 24.2 Å². The van der Waals surface area contributed by atoms with Gasteiger partial charge in [-0.25, -0.2) is 0 Å². The minimum Gasteiger partial charge on any atom is -0.480 e. The van der Waals surface area contributed by atoms with Gasteiger partial charge >= 0.3 is 5.97 Å². The Balaban J connectivity index is 2.59. The summed E-state index contributed by atoms with van der Waals surface area (Å²) in [6.07, 6.45) is 7.84. The molecule has 0 aromatic carbocycles. The number of carbonyl (C=O) groups excluding carboxylic acids is 1. The molecule has 1 N–H and O–H groups in total. The van der Waals surface area contributed by atoms with Crippen LogP contribution in [0.1, 0.15) is 72.6 Å². The van der Waals surface area contributed by atoms with Crippen molar-refractivity contribution in [1.29, 1.82) is 0 Å². The average Bonchev–Trinajstić information content (AvgIpc) is 2.41. The average molecular weight is 297 g/mol. The van der Waals surface area contributed by atoms with Crippen LogP contribution < -0.4 is 0 Å². The lowest BCUT2D eigenvalue weighted by molar-refractivity contribution is -0.151. The SMILES string of the molecule is CCCCC1CCC(C(=O)N(CC(=O)O)C(C)(C)C)CC1. The molecular formula is C17H31NO3. The molecule has 0 aromatic rings. The standard InChI is InChI=1S/C17H31NO3/c1-5-6-7-13-8-10-14(11-9-13)16(21)18(12-15(19)20)17(2,3)4/h13-14H,5-12H2,1-4H3,(H,19,20). The topological polar surface area (TPSA) is 57.6 Å². The molecule has 0 aromatic heterocycles. The number of amides is 1. The molecule has 0 heterocycles. The maximum atomic E-state index is 12.7. The number of carboxylic acid groups (broad SMARTS) is 1. The van der Waals surface area contributed by atoms with Gasteiger partial charge in [0.05, 0.1) is 0 Å². The number of nitrogens with zero attached hydrogens (tertiary/aromatic N) is 1. The molecule has 1 rings (SSSR count). The van der Waals surface area contributed by atoms with Crippen molar-refractivity contribution in [2.24, 2.45) is 11.8 Å². The number of carboxylic acids is 1. The van der Waals surface area contributed by atoms with Crippen molar-refractivity contribution < 1.29 is 14.7 Å². The zero-order valence-electron chi connectivity index (χ0n) is 14.0. The van der Waals surface area contributed by atoms with Crippen molar-refractivity contribution in [1.82, 2.24) is 4.90 Å². The third kappa shape index (κ3) is 5.68. The Morgan fingerprint density at radius 2 is 1.71 bits per heavy atom. The molecule has 4 heteroatoms. The lowest BCUT2D eigenvalue weighted by Gasteiger charge is -2.38. The second-order valence-corrected chi connectivity index (χ2v) is 7.35. The quantitative estimate of drug-likeness (QED) is 0.813. The molecule has 0 bridgehead atoms. The van der Waals surface area contributed by atoms with Crippen molar-refractivity contribution in [3.05, 3.63) is 0 Å². The van der Waals surface area contributed by atoms with Gasteiger partial charge in [-0.05, 0) is 52.4 Å². The highest BCUT2D eigenvalue weighted by Gasteiger charge is 2.35. The van der Waals surface area contributed by atoms with Gasteiger partial charge in [0.25, 0.3) is 0 Å². The van der Waals surface area contributed by atoms with Crippen molar-refractivity contribution in [3.63, 3.8) is 0 Å². The lowest BCUT2D eigenvalue weighted by Crippen LogP contribution is -2.51. The molecule has 1 aliphatic rings. The van der Waals surface area contributed by atoms with E-state index in [1.54, 1.807) is 0 Å². The summed E-state index contributed by atoms with van der Waals surface area (Å²) in [6, 6.07) is 0. The summed E-state index contributed by atoms with van der Waals surface area (Å²) in [6.45, 7) is 7.72. The van der Waals surface area contributed by atoms with Gasteiger partial charge in [0.15, 0.2) is 0 Å². The minimum atomic E-state index is -0.935. The summed E-state index contributed by atoms with van der Waals surface area (Å²) >= 11 is 0. The molecule has 1 amide bonds. The van der Waals surface area contributed by atoms with Crippen molar-refractivity contribution in [2.45, 2.75) is 78.2 Å². The third-order valence-electron chi connectivity index (χ3n) is 4.53. The second-order valence-electron chi connectivity index (χ2n) is 7.35. The minimum absolute atomic E-state index is 0.0152. The largest absolute Gasteiger partial charge is 0.480 e. The molecule has 1 saturated carbocycles. The van der Waals surface area contributed by atoms with Crippen LogP contribution in [0.2, 0.25) is 0 Å². The zero-order chi connectivity index (χ0) is 16.0. The summed E-state index contributed by atoms with van der Waals surface area (Å²) in [5.41, 5.74) is -0.436. The summed E-state index contributed by atoms with van der Waals surface area (Å²) < 4.78 is 0. The van der Waals surface area contributed by atoms with Gasteiger partial charge in [0.1, 0.15) is 6.54 Å². The van der Waals surface area contributed by atoms with Gasteiger partial charge in [-0.2, -0.15) is 0 Å². The fraction of sp³-hybridized carbons (Fsp3) is 0.882. The third-order valence-corrected chi connectivity index (χ3v) is 4.53. The fourth-order valence-electron chi connectivity index (χ4n) is 3.19. The molecule has 1 fully saturated rings. The summed E-state index contributed by atoms with van der Waals surface area (Å²) in [7, 11) is 0. The molecule has 1 aliphatic carbocycles. The first-order chi connectivity index (χ1) is 9.75. The highest BCUT2D eigenvalue weighted by molar-refractivity contribution is 5.83. The highest BCUT2D eigenvalue weighted by Crippen LogP contribution is 2.34. The molecule has 122 valence electrons. The van der Waals surface area contributed by atoms with Gasteiger partial charge in [-0.1, -0.05) is 26.2 Å². The predicted molar refractivity (Wildman–Crippen MR) is 84.1 cm³/mol. The van der Waals surface area contributed by atoms with Gasteiger partial charge in [0.2, 0.25) is 5.91 Å². The van der Waals surface area contributed by atoms with Gasteiger partial charge in [0, 0.05) is 11.5 Å². The van der Waals surface area contributed by atoms with E-state index < -0.39 is 11.5 Å². The van der Waals surface area contributed by atoms with Gasteiger partial charge in [-0.3, -0.25) is 9.59 Å². The van der Waals surface area contributed by atoms with E-state index in [4.69, 9.17) is 5.11 Å². The van der Waals surface area contributed by atoms with Crippen molar-refractivity contribution >= 4 is 11.9 Å². The zero-order valence-corrected chi connectivity index (χ0v) is 14.0. The Kier molecular flexibility index (Phi) is 6.69. The van der Waals surface area contributed by atoms with Crippen LogP contribution in [0.3, 0.4) is 0 Å². The first-order valence-corrected chi connectivity index (χ1v) is 8.29. The molecule has 0 spiro atoms. The van der Waals surface area contributed by atoms with E-state index in [2.05, 4.69) is 6.92 Å². The van der Waals surface area contributed by atoms with E-state index in [1.807, 2.05) is 20.8 Å². The normalized spacial score (nSPS) is 22.9. The summed E-state index contributed by atoms with van der Waals surface area (Å²) in [4.78, 5) is 25.2. The van der Waals surface area contributed by atoms with Crippen molar-refractivity contribution in [2.75, 3.05) is 6.54 Å². The molecule has 0 unspecified atom stereocenters. The smallest absolute Gasteiger partial charge is 0.323 e. The van der Waals surface area contributed by atoms with E-state index in [9.17, 15) is 9.59 Å². The number of aliphatic carboxylic acids is 1.